The van der Waals surface area contributed by atoms with Crippen LogP contribution < -0.4 is 5.32 Å². The number of carbonyl (C=O) groups excluding carboxylic acids is 1. The zero-order chi connectivity index (χ0) is 23.2. The number of nitriles is 1. The van der Waals surface area contributed by atoms with E-state index < -0.39 is 0 Å². The number of pyridine rings is 1. The van der Waals surface area contributed by atoms with E-state index >= 15 is 0 Å². The van der Waals surface area contributed by atoms with Gasteiger partial charge in [0.1, 0.15) is 10.3 Å². The lowest BCUT2D eigenvalue weighted by Gasteiger charge is -2.57. The quantitative estimate of drug-likeness (QED) is 0.475. The summed E-state index contributed by atoms with van der Waals surface area (Å²) >= 11 is 1.52. The van der Waals surface area contributed by atoms with Gasteiger partial charge < -0.3 is 10.2 Å². The highest BCUT2D eigenvalue weighted by molar-refractivity contribution is 7.21. The van der Waals surface area contributed by atoms with Gasteiger partial charge in [-0.1, -0.05) is 18.3 Å². The molecule has 34 heavy (non-hydrogen) atoms. The molecule has 5 heterocycles. The number of nitrogens with zero attached hydrogens (tertiary/aromatic N) is 7. The van der Waals surface area contributed by atoms with Crippen LogP contribution in [-0.4, -0.2) is 54.4 Å². The molecule has 7 rings (SSSR count). The van der Waals surface area contributed by atoms with Gasteiger partial charge in [0.15, 0.2) is 5.13 Å². The number of fused-ring (bicyclic) bond motifs is 3. The van der Waals surface area contributed by atoms with Crippen molar-refractivity contribution in [2.75, 3.05) is 11.9 Å². The zero-order valence-corrected chi connectivity index (χ0v) is 19.3. The second kappa shape index (κ2) is 8.18. The maximum absolute atomic E-state index is 14.0. The van der Waals surface area contributed by atoms with E-state index in [9.17, 15) is 10.1 Å². The van der Waals surface area contributed by atoms with Gasteiger partial charge in [-0.05, 0) is 55.0 Å². The second-order valence-corrected chi connectivity index (χ2v) is 9.89. The molecular formula is C24H22N8OS. The van der Waals surface area contributed by atoms with Crippen molar-refractivity contribution in [2.24, 2.45) is 11.8 Å². The average Bonchev–Trinajstić information content (AvgIpc) is 3.51. The third kappa shape index (κ3) is 3.40. The van der Waals surface area contributed by atoms with Crippen LogP contribution >= 0.6 is 11.3 Å². The molecule has 4 aromatic rings. The summed E-state index contributed by atoms with van der Waals surface area (Å²) in [5.41, 5.74) is 2.33. The van der Waals surface area contributed by atoms with Crippen molar-refractivity contribution in [3.63, 3.8) is 0 Å². The lowest BCUT2D eigenvalue weighted by molar-refractivity contribution is -0.0502. The summed E-state index contributed by atoms with van der Waals surface area (Å²) in [6.07, 6.45) is 6.95. The Morgan fingerprint density at radius 1 is 1.24 bits per heavy atom. The molecule has 0 radical (unpaired) electrons. The standard InChI is InChI=1S/C24H22N8OS/c1-14-16-10-17(11-16)31(21(14)13-27-24-30-19-3-2-6-26-22(19)34-24)23(33)18-9-15(12-25)4-5-20(18)32-28-7-8-29-32/h2-9,14,16-17,21H,10-11,13H2,1H3,(H,27,30)/t14-,16?,17?,21-/m1/s1. The van der Waals surface area contributed by atoms with Crippen LogP contribution in [0.15, 0.2) is 48.9 Å². The van der Waals surface area contributed by atoms with Crippen molar-refractivity contribution in [3.8, 4) is 11.8 Å². The van der Waals surface area contributed by atoms with E-state index in [0.29, 0.717) is 35.2 Å². The van der Waals surface area contributed by atoms with Crippen molar-refractivity contribution in [3.05, 3.63) is 60.0 Å². The average molecular weight is 471 g/mol. The maximum atomic E-state index is 14.0. The predicted molar refractivity (Wildman–Crippen MR) is 128 cm³/mol. The van der Waals surface area contributed by atoms with Crippen molar-refractivity contribution < 1.29 is 4.79 Å². The van der Waals surface area contributed by atoms with E-state index in [-0.39, 0.29) is 18.0 Å². The minimum atomic E-state index is -0.0860. The third-order valence-corrected chi connectivity index (χ3v) is 8.04. The van der Waals surface area contributed by atoms with Crippen LogP contribution in [-0.2, 0) is 0 Å². The smallest absolute Gasteiger partial charge is 0.256 e. The fraction of sp³-hybridized carbons (Fsp3) is 0.333. The summed E-state index contributed by atoms with van der Waals surface area (Å²) in [7, 11) is 0. The lowest BCUT2D eigenvalue weighted by Crippen LogP contribution is -2.64. The first-order valence-electron chi connectivity index (χ1n) is 11.3. The number of rotatable bonds is 5. The van der Waals surface area contributed by atoms with Gasteiger partial charge in [-0.2, -0.15) is 20.3 Å². The third-order valence-electron chi connectivity index (χ3n) is 7.10. The van der Waals surface area contributed by atoms with E-state index in [0.717, 1.165) is 28.3 Å². The molecule has 3 aliphatic rings. The van der Waals surface area contributed by atoms with Gasteiger partial charge >= 0.3 is 0 Å². The Balaban J connectivity index is 1.32. The van der Waals surface area contributed by atoms with Crippen molar-refractivity contribution in [1.29, 1.82) is 5.26 Å². The molecule has 2 atom stereocenters. The summed E-state index contributed by atoms with van der Waals surface area (Å²) in [5.74, 6) is 0.882. The van der Waals surface area contributed by atoms with E-state index in [4.69, 9.17) is 0 Å². The highest BCUT2D eigenvalue weighted by atomic mass is 32.1. The number of amides is 1. The Morgan fingerprint density at radius 2 is 2.06 bits per heavy atom. The zero-order valence-electron chi connectivity index (χ0n) is 18.5. The number of thiazole rings is 1. The van der Waals surface area contributed by atoms with Gasteiger partial charge in [0, 0.05) is 18.8 Å². The molecule has 9 nitrogen and oxygen atoms in total. The minimum absolute atomic E-state index is 0.00847. The fourth-order valence-electron chi connectivity index (χ4n) is 5.19. The molecular weight excluding hydrogens is 448 g/mol. The molecule has 1 saturated carbocycles. The van der Waals surface area contributed by atoms with Crippen LogP contribution in [0.4, 0.5) is 5.13 Å². The Bertz CT molecular complexity index is 1370. The molecule has 2 saturated heterocycles. The molecule has 1 N–H and O–H groups in total. The van der Waals surface area contributed by atoms with Crippen LogP contribution in [0.2, 0.25) is 0 Å². The fourth-order valence-corrected chi connectivity index (χ4v) is 6.01. The summed E-state index contributed by atoms with van der Waals surface area (Å²) in [6.45, 7) is 2.83. The highest BCUT2D eigenvalue weighted by Gasteiger charge is 2.50. The molecule has 170 valence electrons. The van der Waals surface area contributed by atoms with E-state index in [2.05, 4.69) is 38.5 Å². The predicted octanol–water partition coefficient (Wildman–Crippen LogP) is 3.49. The number of benzene rings is 1. The summed E-state index contributed by atoms with van der Waals surface area (Å²) in [4.78, 5) is 27.4. The molecule has 3 aromatic heterocycles. The van der Waals surface area contributed by atoms with Gasteiger partial charge in [-0.25, -0.2) is 9.97 Å². The Hall–Kier alpha value is -3.84. The van der Waals surface area contributed by atoms with Crippen molar-refractivity contribution >= 4 is 32.7 Å². The molecule has 10 heteroatoms. The normalized spacial score (nSPS) is 23.4. The number of anilines is 1. The summed E-state index contributed by atoms with van der Waals surface area (Å²) in [6, 6.07) is 11.3. The number of piperidine rings is 2. The van der Waals surface area contributed by atoms with Crippen molar-refractivity contribution in [2.45, 2.75) is 31.8 Å². The van der Waals surface area contributed by atoms with Gasteiger partial charge in [-0.15, -0.1) is 0 Å². The van der Waals surface area contributed by atoms with Crippen LogP contribution in [0.3, 0.4) is 0 Å². The molecule has 1 aliphatic carbocycles. The van der Waals surface area contributed by atoms with Gasteiger partial charge in [-0.3, -0.25) is 4.79 Å². The topological polar surface area (TPSA) is 113 Å². The molecule has 0 unspecified atom stereocenters. The summed E-state index contributed by atoms with van der Waals surface area (Å²) in [5, 5.41) is 22.2. The first-order chi connectivity index (χ1) is 16.6. The Kier molecular flexibility index (Phi) is 4.99. The molecule has 3 fully saturated rings. The lowest BCUT2D eigenvalue weighted by atomic mass is 9.64. The Labute approximate surface area is 200 Å². The SMILES string of the molecule is C[C@@H]1C2CC(C2)N(C(=O)c2cc(C#N)ccc2-n2nccn2)[C@@H]1CNc1nc2cccnc2s1. The number of hydrogen-bond acceptors (Lipinski definition) is 8. The molecule has 2 aliphatic heterocycles. The van der Waals surface area contributed by atoms with Gasteiger partial charge in [0.25, 0.3) is 5.91 Å². The van der Waals surface area contributed by atoms with E-state index in [1.54, 1.807) is 36.8 Å². The molecule has 2 bridgehead atoms. The van der Waals surface area contributed by atoms with E-state index in [1.807, 2.05) is 17.0 Å². The Morgan fingerprint density at radius 3 is 2.82 bits per heavy atom. The van der Waals surface area contributed by atoms with E-state index in [1.165, 1.54) is 16.1 Å². The highest BCUT2D eigenvalue weighted by Crippen LogP contribution is 2.47. The minimum Gasteiger partial charge on any atom is -0.359 e. The number of carbonyl (C=O) groups is 1. The van der Waals surface area contributed by atoms with Gasteiger partial charge in [0.05, 0.1) is 41.3 Å². The van der Waals surface area contributed by atoms with Crippen molar-refractivity contribution in [1.82, 2.24) is 29.9 Å². The molecule has 1 aromatic carbocycles. The summed E-state index contributed by atoms with van der Waals surface area (Å²) < 4.78 is 0. The first-order valence-corrected chi connectivity index (χ1v) is 12.1. The van der Waals surface area contributed by atoms with Crippen LogP contribution in [0, 0.1) is 23.2 Å². The van der Waals surface area contributed by atoms with Gasteiger partial charge in [0.2, 0.25) is 0 Å². The first kappa shape index (κ1) is 20.7. The number of hydrogen-bond donors (Lipinski definition) is 1. The molecule has 1 amide bonds. The maximum Gasteiger partial charge on any atom is 0.256 e. The number of nitrogens with one attached hydrogen (secondary N) is 1. The monoisotopic (exact) mass is 470 g/mol. The number of aromatic nitrogens is 5. The molecule has 0 spiro atoms. The largest absolute Gasteiger partial charge is 0.359 e. The van der Waals surface area contributed by atoms with Crippen LogP contribution in [0.25, 0.3) is 16.0 Å². The van der Waals surface area contributed by atoms with Crippen LogP contribution in [0.1, 0.15) is 35.7 Å². The van der Waals surface area contributed by atoms with Crippen LogP contribution in [0.5, 0.6) is 0 Å². The second-order valence-electron chi connectivity index (χ2n) is 8.91.